The first-order valence-corrected chi connectivity index (χ1v) is 9.69. The number of amides is 1. The second kappa shape index (κ2) is 6.75. The molecule has 1 saturated heterocycles. The molecule has 0 N–H and O–H groups in total. The van der Waals surface area contributed by atoms with Crippen molar-refractivity contribution in [1.82, 2.24) is 14.5 Å². The van der Waals surface area contributed by atoms with E-state index in [1.807, 2.05) is 33.7 Å². The van der Waals surface area contributed by atoms with Gasteiger partial charge in [-0.2, -0.15) is 0 Å². The van der Waals surface area contributed by atoms with E-state index >= 15 is 0 Å². The fourth-order valence-electron chi connectivity index (χ4n) is 4.72. The van der Waals surface area contributed by atoms with Crippen molar-refractivity contribution in [1.29, 1.82) is 0 Å². The topological polar surface area (TPSA) is 55.2 Å². The minimum atomic E-state index is 0.0464. The average Bonchev–Trinajstić information content (AvgIpc) is 2.75. The van der Waals surface area contributed by atoms with Crippen molar-refractivity contribution >= 4 is 5.91 Å². The van der Waals surface area contributed by atoms with Crippen LogP contribution in [0.5, 0.6) is 0 Å². The highest BCUT2D eigenvalue weighted by atomic mass is 16.2. The summed E-state index contributed by atoms with van der Waals surface area (Å²) in [5.74, 6) is 0.522. The summed E-state index contributed by atoms with van der Waals surface area (Å²) in [6.45, 7) is 2.01. The maximum Gasteiger partial charge on any atom is 0.253 e. The maximum atomic E-state index is 13.0. The smallest absolute Gasteiger partial charge is 0.253 e. The molecule has 2 aliphatic heterocycles. The molecule has 2 aliphatic rings. The first-order valence-electron chi connectivity index (χ1n) is 9.69. The second-order valence-corrected chi connectivity index (χ2v) is 7.69. The number of pyridine rings is 2. The Balaban J connectivity index is 1.55. The largest absolute Gasteiger partial charge is 0.338 e. The van der Waals surface area contributed by atoms with Gasteiger partial charge in [0.15, 0.2) is 0 Å². The van der Waals surface area contributed by atoms with Crippen LogP contribution in [0.1, 0.15) is 28.4 Å². The van der Waals surface area contributed by atoms with Gasteiger partial charge in [0.25, 0.3) is 11.5 Å². The Morgan fingerprint density at radius 1 is 0.929 bits per heavy atom. The van der Waals surface area contributed by atoms with Crippen LogP contribution in [0.3, 0.4) is 0 Å². The number of nitrogens with zero attached hydrogens (tertiary/aromatic N) is 3. The fourth-order valence-corrected chi connectivity index (χ4v) is 4.72. The molecule has 28 heavy (non-hydrogen) atoms. The van der Waals surface area contributed by atoms with Crippen LogP contribution in [-0.4, -0.2) is 33.4 Å². The van der Waals surface area contributed by atoms with Gasteiger partial charge in [-0.15, -0.1) is 0 Å². The van der Waals surface area contributed by atoms with Gasteiger partial charge in [0.05, 0.1) is 0 Å². The molecule has 4 heterocycles. The Hall–Kier alpha value is -3.21. The van der Waals surface area contributed by atoms with E-state index in [4.69, 9.17) is 0 Å². The zero-order chi connectivity index (χ0) is 19.1. The summed E-state index contributed by atoms with van der Waals surface area (Å²) < 4.78 is 1.94. The third-order valence-corrected chi connectivity index (χ3v) is 5.89. The highest BCUT2D eigenvalue weighted by Crippen LogP contribution is 2.40. The molecule has 2 unspecified atom stereocenters. The zero-order valence-corrected chi connectivity index (χ0v) is 15.5. The van der Waals surface area contributed by atoms with Crippen molar-refractivity contribution in [2.24, 2.45) is 5.92 Å². The number of aromatic nitrogens is 2. The van der Waals surface area contributed by atoms with Gasteiger partial charge >= 0.3 is 0 Å². The minimum absolute atomic E-state index is 0.0464. The number of likely N-dealkylation sites (tertiary alicyclic amines) is 1. The molecule has 2 bridgehead atoms. The van der Waals surface area contributed by atoms with Crippen LogP contribution >= 0.6 is 0 Å². The fraction of sp³-hybridized carbons (Fsp3) is 0.261. The number of carbonyl (C=O) groups is 1. The quantitative estimate of drug-likeness (QED) is 0.695. The lowest BCUT2D eigenvalue weighted by atomic mass is 9.80. The SMILES string of the molecule is O=C(c1ccncc1)N1CC2CC(C1)c1c(-c3ccccc3)ccc(=O)n1C2. The van der Waals surface area contributed by atoms with Gasteiger partial charge in [-0.1, -0.05) is 30.3 Å². The van der Waals surface area contributed by atoms with E-state index in [9.17, 15) is 9.59 Å². The lowest BCUT2D eigenvalue weighted by Gasteiger charge is -2.43. The Morgan fingerprint density at radius 3 is 2.50 bits per heavy atom. The summed E-state index contributed by atoms with van der Waals surface area (Å²) in [5.41, 5.74) is 4.01. The van der Waals surface area contributed by atoms with Crippen LogP contribution in [0.2, 0.25) is 0 Å². The van der Waals surface area contributed by atoms with Gasteiger partial charge < -0.3 is 9.47 Å². The van der Waals surface area contributed by atoms with Crippen molar-refractivity contribution < 1.29 is 4.79 Å². The molecule has 5 nitrogen and oxygen atoms in total. The summed E-state index contributed by atoms with van der Waals surface area (Å²) in [6, 6.07) is 17.3. The van der Waals surface area contributed by atoms with E-state index in [0.29, 0.717) is 31.1 Å². The molecule has 1 aromatic carbocycles. The molecule has 1 fully saturated rings. The number of fused-ring (bicyclic) bond motifs is 4. The summed E-state index contributed by atoms with van der Waals surface area (Å²) >= 11 is 0. The van der Waals surface area contributed by atoms with Crippen molar-refractivity contribution in [2.45, 2.75) is 18.9 Å². The predicted octanol–water partition coefficient (Wildman–Crippen LogP) is 3.17. The van der Waals surface area contributed by atoms with E-state index in [2.05, 4.69) is 17.1 Å². The number of hydrogen-bond acceptors (Lipinski definition) is 3. The average molecular weight is 371 g/mol. The summed E-state index contributed by atoms with van der Waals surface area (Å²) in [4.78, 5) is 31.5. The number of hydrogen-bond donors (Lipinski definition) is 0. The van der Waals surface area contributed by atoms with Gasteiger partial charge in [0, 0.05) is 60.8 Å². The third-order valence-electron chi connectivity index (χ3n) is 5.89. The number of benzene rings is 1. The molecule has 0 saturated carbocycles. The van der Waals surface area contributed by atoms with Gasteiger partial charge in [0.2, 0.25) is 0 Å². The van der Waals surface area contributed by atoms with Crippen LogP contribution < -0.4 is 5.56 Å². The number of piperidine rings is 1. The molecule has 5 rings (SSSR count). The van der Waals surface area contributed by atoms with Crippen LogP contribution in [0.15, 0.2) is 71.8 Å². The monoisotopic (exact) mass is 371 g/mol. The molecule has 0 aliphatic carbocycles. The van der Waals surface area contributed by atoms with E-state index < -0.39 is 0 Å². The van der Waals surface area contributed by atoms with Crippen molar-refractivity contribution in [3.8, 4) is 11.1 Å². The Labute approximate surface area is 163 Å². The van der Waals surface area contributed by atoms with E-state index in [0.717, 1.165) is 23.2 Å². The van der Waals surface area contributed by atoms with Crippen molar-refractivity contribution in [2.75, 3.05) is 13.1 Å². The first-order chi connectivity index (χ1) is 13.7. The van der Waals surface area contributed by atoms with Crippen molar-refractivity contribution in [3.63, 3.8) is 0 Å². The molecule has 0 spiro atoms. The minimum Gasteiger partial charge on any atom is -0.338 e. The van der Waals surface area contributed by atoms with E-state index in [1.54, 1.807) is 30.6 Å². The Kier molecular flexibility index (Phi) is 4.08. The van der Waals surface area contributed by atoms with Gasteiger partial charge in [-0.05, 0) is 36.1 Å². The van der Waals surface area contributed by atoms with Crippen LogP contribution in [0.4, 0.5) is 0 Å². The molecule has 3 aromatic rings. The van der Waals surface area contributed by atoms with Gasteiger partial charge in [0.1, 0.15) is 0 Å². The first kappa shape index (κ1) is 16.9. The Bertz CT molecular complexity index is 1080. The number of carbonyl (C=O) groups excluding carboxylic acids is 1. The van der Waals surface area contributed by atoms with Crippen molar-refractivity contribution in [3.05, 3.63) is 88.6 Å². The van der Waals surface area contributed by atoms with Gasteiger partial charge in [-0.25, -0.2) is 0 Å². The Morgan fingerprint density at radius 2 is 1.71 bits per heavy atom. The standard InChI is InChI=1S/C23H21N3O2/c27-21-7-6-20(17-4-2-1-3-5-17)22-19-12-16(14-26(21)22)13-25(15-19)23(28)18-8-10-24-11-9-18/h1-11,16,19H,12-15H2. The molecule has 2 aromatic heterocycles. The van der Waals surface area contributed by atoms with E-state index in [1.165, 1.54) is 0 Å². The molecule has 2 atom stereocenters. The van der Waals surface area contributed by atoms with Crippen LogP contribution in [-0.2, 0) is 6.54 Å². The summed E-state index contributed by atoms with van der Waals surface area (Å²) in [5, 5.41) is 0. The maximum absolute atomic E-state index is 13.0. The summed E-state index contributed by atoms with van der Waals surface area (Å²) in [7, 11) is 0. The molecule has 5 heteroatoms. The molecular weight excluding hydrogens is 350 g/mol. The van der Waals surface area contributed by atoms with E-state index in [-0.39, 0.29) is 17.4 Å². The number of rotatable bonds is 2. The lowest BCUT2D eigenvalue weighted by molar-refractivity contribution is 0.0595. The highest BCUT2D eigenvalue weighted by molar-refractivity contribution is 5.94. The lowest BCUT2D eigenvalue weighted by Crippen LogP contribution is -2.49. The third kappa shape index (κ3) is 2.83. The molecule has 1 amide bonds. The summed E-state index contributed by atoms with van der Waals surface area (Å²) in [6.07, 6.45) is 4.32. The zero-order valence-electron chi connectivity index (χ0n) is 15.5. The van der Waals surface area contributed by atoms with Crippen LogP contribution in [0.25, 0.3) is 11.1 Å². The normalized spacial score (nSPS) is 20.5. The molecule has 140 valence electrons. The highest BCUT2D eigenvalue weighted by Gasteiger charge is 2.38. The predicted molar refractivity (Wildman–Crippen MR) is 107 cm³/mol. The molecular formula is C23H21N3O2. The van der Waals surface area contributed by atoms with Gasteiger partial charge in [-0.3, -0.25) is 14.6 Å². The molecule has 0 radical (unpaired) electrons. The second-order valence-electron chi connectivity index (χ2n) is 7.69. The van der Waals surface area contributed by atoms with Crippen LogP contribution in [0, 0.1) is 5.92 Å².